The first-order valence-corrected chi connectivity index (χ1v) is 6.29. The van der Waals surface area contributed by atoms with Crippen molar-refractivity contribution in [2.75, 3.05) is 5.32 Å². The largest absolute Gasteiger partial charge is 0.357 e. The van der Waals surface area contributed by atoms with Gasteiger partial charge in [-0.25, -0.2) is 4.98 Å². The second kappa shape index (κ2) is 4.57. The molecule has 0 fully saturated rings. The zero-order valence-corrected chi connectivity index (χ0v) is 9.62. The summed E-state index contributed by atoms with van der Waals surface area (Å²) >= 11 is 3.51. The summed E-state index contributed by atoms with van der Waals surface area (Å²) < 4.78 is 0. The van der Waals surface area contributed by atoms with Crippen LogP contribution in [0.15, 0.2) is 23.7 Å². The maximum absolute atomic E-state index is 4.17. The molecule has 0 saturated heterocycles. The first kappa shape index (κ1) is 9.68. The molecule has 0 aromatic carbocycles. The van der Waals surface area contributed by atoms with Gasteiger partial charge >= 0.3 is 0 Å². The van der Waals surface area contributed by atoms with Crippen molar-refractivity contribution in [3.63, 3.8) is 0 Å². The van der Waals surface area contributed by atoms with Gasteiger partial charge in [-0.05, 0) is 18.6 Å². The topological polar surface area (TPSA) is 24.9 Å². The summed E-state index contributed by atoms with van der Waals surface area (Å²) in [7, 11) is 0. The van der Waals surface area contributed by atoms with Crippen molar-refractivity contribution in [2.45, 2.75) is 19.9 Å². The smallest absolute Gasteiger partial charge is 0.182 e. The van der Waals surface area contributed by atoms with Crippen LogP contribution in [0.1, 0.15) is 16.7 Å². The Bertz CT molecular complexity index is 378. The molecule has 0 atom stereocenters. The van der Waals surface area contributed by atoms with E-state index in [0.29, 0.717) is 0 Å². The lowest BCUT2D eigenvalue weighted by molar-refractivity contribution is 1.17. The van der Waals surface area contributed by atoms with Crippen molar-refractivity contribution in [3.8, 4) is 0 Å². The molecule has 0 spiro atoms. The molecule has 0 amide bonds. The number of aromatic nitrogens is 1. The summed E-state index contributed by atoms with van der Waals surface area (Å²) in [6.45, 7) is 3.07. The second-order valence-electron chi connectivity index (χ2n) is 2.91. The molecule has 2 rings (SSSR count). The van der Waals surface area contributed by atoms with Crippen LogP contribution < -0.4 is 5.32 Å². The normalized spacial score (nSPS) is 10.4. The average Bonchev–Trinajstić information content (AvgIpc) is 2.86. The molecule has 2 heterocycles. The summed E-state index contributed by atoms with van der Waals surface area (Å²) in [4.78, 5) is 6.99. The zero-order valence-electron chi connectivity index (χ0n) is 7.99. The molecule has 0 radical (unpaired) electrons. The molecule has 14 heavy (non-hydrogen) atoms. The van der Waals surface area contributed by atoms with Crippen LogP contribution in [0.3, 0.4) is 0 Å². The number of rotatable bonds is 4. The van der Waals surface area contributed by atoms with Gasteiger partial charge in [0.25, 0.3) is 0 Å². The van der Waals surface area contributed by atoms with Gasteiger partial charge in [0.15, 0.2) is 5.13 Å². The van der Waals surface area contributed by atoms with Gasteiger partial charge in [0.05, 0.1) is 6.54 Å². The minimum absolute atomic E-state index is 0.887. The number of aryl methyl sites for hydroxylation is 1. The number of nitrogens with zero attached hydrogens (tertiary/aromatic N) is 1. The predicted molar refractivity (Wildman–Crippen MR) is 63.1 cm³/mol. The van der Waals surface area contributed by atoms with Crippen molar-refractivity contribution < 1.29 is 0 Å². The fourth-order valence-electron chi connectivity index (χ4n) is 1.18. The third kappa shape index (κ3) is 2.33. The summed E-state index contributed by atoms with van der Waals surface area (Å²) in [6, 6.07) is 4.38. The predicted octanol–water partition coefficient (Wildman–Crippen LogP) is 3.38. The molecule has 0 bridgehead atoms. The van der Waals surface area contributed by atoms with Crippen molar-refractivity contribution in [3.05, 3.63) is 33.5 Å². The van der Waals surface area contributed by atoms with Crippen molar-refractivity contribution in [1.29, 1.82) is 0 Å². The monoisotopic (exact) mass is 224 g/mol. The van der Waals surface area contributed by atoms with Gasteiger partial charge in [-0.2, -0.15) is 0 Å². The molecule has 2 aromatic rings. The van der Waals surface area contributed by atoms with E-state index in [0.717, 1.165) is 18.1 Å². The summed E-state index contributed by atoms with van der Waals surface area (Å²) in [6.07, 6.45) is 2.95. The minimum atomic E-state index is 0.887. The van der Waals surface area contributed by atoms with Gasteiger partial charge in [0.2, 0.25) is 0 Å². The molecular formula is C10H12N2S2. The van der Waals surface area contributed by atoms with E-state index < -0.39 is 0 Å². The Labute approximate surface area is 91.6 Å². The van der Waals surface area contributed by atoms with E-state index in [4.69, 9.17) is 0 Å². The van der Waals surface area contributed by atoms with Gasteiger partial charge in [-0.3, -0.25) is 0 Å². The molecule has 2 aromatic heterocycles. The lowest BCUT2D eigenvalue weighted by Crippen LogP contribution is -1.95. The Morgan fingerprint density at radius 2 is 2.21 bits per heavy atom. The van der Waals surface area contributed by atoms with E-state index in [1.54, 1.807) is 11.3 Å². The first-order chi connectivity index (χ1) is 6.88. The third-order valence-corrected chi connectivity index (χ3v) is 3.87. The number of thiophene rings is 1. The fraction of sp³-hybridized carbons (Fsp3) is 0.300. The van der Waals surface area contributed by atoms with Crippen LogP contribution in [0.4, 0.5) is 5.13 Å². The number of hydrogen-bond acceptors (Lipinski definition) is 4. The van der Waals surface area contributed by atoms with Gasteiger partial charge in [0.1, 0.15) is 0 Å². The highest BCUT2D eigenvalue weighted by molar-refractivity contribution is 7.13. The summed E-state index contributed by atoms with van der Waals surface area (Å²) in [5, 5.41) is 6.27. The lowest BCUT2D eigenvalue weighted by atomic mass is 10.4. The van der Waals surface area contributed by atoms with Crippen LogP contribution >= 0.6 is 22.7 Å². The highest BCUT2D eigenvalue weighted by atomic mass is 32.1. The molecule has 0 aliphatic heterocycles. The van der Waals surface area contributed by atoms with Gasteiger partial charge in [0, 0.05) is 21.3 Å². The van der Waals surface area contributed by atoms with Crippen LogP contribution in [-0.4, -0.2) is 4.98 Å². The average molecular weight is 224 g/mol. The van der Waals surface area contributed by atoms with Crippen molar-refractivity contribution in [1.82, 2.24) is 4.98 Å². The number of thiazole rings is 1. The standard InChI is InChI=1S/C10H12N2S2/c1-2-8-3-4-9(14-8)7-12-10-11-5-6-13-10/h3-6H,2,7H2,1H3,(H,11,12). The fourth-order valence-corrected chi connectivity index (χ4v) is 2.61. The van der Waals surface area contributed by atoms with Crippen LogP contribution in [-0.2, 0) is 13.0 Å². The Morgan fingerprint density at radius 1 is 1.36 bits per heavy atom. The molecule has 74 valence electrons. The Balaban J connectivity index is 1.92. The molecule has 1 N–H and O–H groups in total. The van der Waals surface area contributed by atoms with Crippen molar-refractivity contribution >= 4 is 27.8 Å². The van der Waals surface area contributed by atoms with Crippen LogP contribution in [0.2, 0.25) is 0 Å². The van der Waals surface area contributed by atoms with E-state index in [1.807, 2.05) is 22.9 Å². The summed E-state index contributed by atoms with van der Waals surface area (Å²) in [5.41, 5.74) is 0. The van der Waals surface area contributed by atoms with Gasteiger partial charge in [-0.15, -0.1) is 22.7 Å². The van der Waals surface area contributed by atoms with E-state index in [-0.39, 0.29) is 0 Å². The highest BCUT2D eigenvalue weighted by Crippen LogP contribution is 2.19. The molecule has 0 aliphatic carbocycles. The van der Waals surface area contributed by atoms with Crippen LogP contribution in [0, 0.1) is 0 Å². The van der Waals surface area contributed by atoms with E-state index in [1.165, 1.54) is 9.75 Å². The maximum atomic E-state index is 4.17. The minimum Gasteiger partial charge on any atom is -0.357 e. The first-order valence-electron chi connectivity index (χ1n) is 4.59. The molecule has 0 unspecified atom stereocenters. The molecule has 0 saturated carbocycles. The molecule has 2 nitrogen and oxygen atoms in total. The number of hydrogen-bond donors (Lipinski definition) is 1. The highest BCUT2D eigenvalue weighted by Gasteiger charge is 1.99. The van der Waals surface area contributed by atoms with Crippen LogP contribution in [0.25, 0.3) is 0 Å². The Kier molecular flexibility index (Phi) is 3.16. The zero-order chi connectivity index (χ0) is 9.80. The van der Waals surface area contributed by atoms with Gasteiger partial charge < -0.3 is 5.32 Å². The molecule has 0 aliphatic rings. The maximum Gasteiger partial charge on any atom is 0.182 e. The SMILES string of the molecule is CCc1ccc(CNc2nccs2)s1. The Morgan fingerprint density at radius 3 is 2.86 bits per heavy atom. The third-order valence-electron chi connectivity index (χ3n) is 1.91. The summed E-state index contributed by atoms with van der Waals surface area (Å²) in [5.74, 6) is 0. The Hall–Kier alpha value is -0.870. The second-order valence-corrected chi connectivity index (χ2v) is 5.06. The van der Waals surface area contributed by atoms with Gasteiger partial charge in [-0.1, -0.05) is 6.92 Å². The lowest BCUT2D eigenvalue weighted by Gasteiger charge is -1.98. The quantitative estimate of drug-likeness (QED) is 0.861. The van der Waals surface area contributed by atoms with E-state index >= 15 is 0 Å². The van der Waals surface area contributed by atoms with Crippen LogP contribution in [0.5, 0.6) is 0 Å². The van der Waals surface area contributed by atoms with E-state index in [2.05, 4.69) is 29.4 Å². The molecular weight excluding hydrogens is 212 g/mol. The number of anilines is 1. The number of nitrogens with one attached hydrogen (secondary N) is 1. The molecule has 4 heteroatoms. The van der Waals surface area contributed by atoms with Crippen molar-refractivity contribution in [2.24, 2.45) is 0 Å². The van der Waals surface area contributed by atoms with E-state index in [9.17, 15) is 0 Å².